The normalized spacial score (nSPS) is 26.1. The maximum absolute atomic E-state index is 12.7. The summed E-state index contributed by atoms with van der Waals surface area (Å²) in [6.45, 7) is 3.68. The first-order valence-corrected chi connectivity index (χ1v) is 11.6. The number of benzene rings is 3. The number of Topliss-reactive ketones (excluding diaryl/α,β-unsaturated/α-hetero) is 1. The van der Waals surface area contributed by atoms with Crippen molar-refractivity contribution in [2.75, 3.05) is 7.11 Å². The topological polar surface area (TPSA) is 65.0 Å². The molecule has 2 aliphatic heterocycles. The number of aromatic hydroxyl groups is 1. The number of hydrogen-bond donors (Lipinski definition) is 1. The monoisotopic (exact) mass is 454 g/mol. The lowest BCUT2D eigenvalue weighted by molar-refractivity contribution is -0.198. The molecule has 0 saturated carbocycles. The Bertz CT molecular complexity index is 1360. The quantitative estimate of drug-likeness (QED) is 0.384. The molecule has 6 rings (SSSR count). The van der Waals surface area contributed by atoms with Crippen LogP contribution in [0.15, 0.2) is 72.3 Å². The molecule has 0 spiro atoms. The molecule has 0 fully saturated rings. The Morgan fingerprint density at radius 1 is 1.06 bits per heavy atom. The van der Waals surface area contributed by atoms with Crippen molar-refractivity contribution in [2.24, 2.45) is 5.92 Å². The van der Waals surface area contributed by atoms with Gasteiger partial charge in [0.05, 0.1) is 24.2 Å². The van der Waals surface area contributed by atoms with E-state index in [1.807, 2.05) is 36.4 Å². The Morgan fingerprint density at radius 3 is 2.59 bits per heavy atom. The lowest BCUT2D eigenvalue weighted by Gasteiger charge is -2.55. The van der Waals surface area contributed by atoms with Crippen LogP contribution in [0.1, 0.15) is 59.2 Å². The molecule has 172 valence electrons. The van der Waals surface area contributed by atoms with E-state index in [1.54, 1.807) is 25.3 Å². The molecule has 1 aliphatic carbocycles. The van der Waals surface area contributed by atoms with Crippen LogP contribution >= 0.6 is 0 Å². The number of carbonyl (C=O) groups is 1. The summed E-state index contributed by atoms with van der Waals surface area (Å²) in [5.74, 6) is 0.341. The fourth-order valence-corrected chi connectivity index (χ4v) is 6.14. The average Bonchev–Trinajstić information content (AvgIpc) is 2.83. The van der Waals surface area contributed by atoms with Gasteiger partial charge in [0.15, 0.2) is 5.78 Å². The number of hydrogen-bond acceptors (Lipinski definition) is 5. The van der Waals surface area contributed by atoms with Crippen molar-refractivity contribution in [3.63, 3.8) is 0 Å². The van der Waals surface area contributed by atoms with E-state index in [0.717, 1.165) is 23.3 Å². The SMILES string of the molecule is COc1ccc(C(C)=O)c2c1[C@H]1C=C(C)C[C@@H]3c4ccccc4OC(c4ccccc4O)(O2)[C@@H]13. The van der Waals surface area contributed by atoms with E-state index in [4.69, 9.17) is 14.2 Å². The minimum absolute atomic E-state index is 0.0957. The van der Waals surface area contributed by atoms with Crippen LogP contribution in [0, 0.1) is 5.92 Å². The third-order valence-corrected chi connectivity index (χ3v) is 7.47. The Balaban J connectivity index is 1.73. The number of phenols is 1. The fourth-order valence-electron chi connectivity index (χ4n) is 6.14. The number of carbonyl (C=O) groups excluding carboxylic acids is 1. The molecule has 0 bridgehead atoms. The van der Waals surface area contributed by atoms with Crippen molar-refractivity contribution in [2.45, 2.75) is 37.9 Å². The Kier molecular flexibility index (Phi) is 4.53. The van der Waals surface area contributed by atoms with Crippen molar-refractivity contribution in [3.05, 3.63) is 94.6 Å². The molecule has 3 aromatic rings. The van der Waals surface area contributed by atoms with E-state index in [0.29, 0.717) is 22.6 Å². The highest BCUT2D eigenvalue weighted by molar-refractivity contribution is 5.98. The van der Waals surface area contributed by atoms with Gasteiger partial charge in [0.1, 0.15) is 23.0 Å². The minimum atomic E-state index is -1.31. The summed E-state index contributed by atoms with van der Waals surface area (Å²) >= 11 is 0. The van der Waals surface area contributed by atoms with Gasteiger partial charge >= 0.3 is 0 Å². The molecule has 3 aromatic carbocycles. The van der Waals surface area contributed by atoms with Gasteiger partial charge in [-0.15, -0.1) is 0 Å². The smallest absolute Gasteiger partial charge is 0.285 e. The second kappa shape index (κ2) is 7.39. The lowest BCUT2D eigenvalue weighted by atomic mass is 9.61. The molecule has 0 saturated heterocycles. The highest BCUT2D eigenvalue weighted by atomic mass is 16.7. The Hall–Kier alpha value is -3.73. The summed E-state index contributed by atoms with van der Waals surface area (Å²) in [4.78, 5) is 12.7. The van der Waals surface area contributed by atoms with Crippen molar-refractivity contribution >= 4 is 5.78 Å². The summed E-state index contributed by atoms with van der Waals surface area (Å²) < 4.78 is 19.4. The zero-order chi connectivity index (χ0) is 23.6. The molecule has 1 unspecified atom stereocenters. The van der Waals surface area contributed by atoms with E-state index in [-0.39, 0.29) is 29.3 Å². The standard InChI is InChI=1S/C29H26O5/c1-16-14-20-19-8-4-7-11-24(19)33-29(22-9-5-6-10-23(22)31)27(20)21(15-16)26-25(32-3)13-12-18(17(2)30)28(26)34-29/h4-13,15,20-21,27,31H,14H2,1-3H3/t20-,21-,27-,29?/m1/s1. The molecule has 34 heavy (non-hydrogen) atoms. The molecule has 0 aromatic heterocycles. The van der Waals surface area contributed by atoms with Gasteiger partial charge in [0.25, 0.3) is 5.79 Å². The highest BCUT2D eigenvalue weighted by Crippen LogP contribution is 2.65. The number of para-hydroxylation sites is 2. The van der Waals surface area contributed by atoms with Gasteiger partial charge in [-0.05, 0) is 56.2 Å². The van der Waals surface area contributed by atoms with Crippen molar-refractivity contribution < 1.29 is 24.1 Å². The highest BCUT2D eigenvalue weighted by Gasteiger charge is 2.62. The van der Waals surface area contributed by atoms with E-state index in [2.05, 4.69) is 19.1 Å². The van der Waals surface area contributed by atoms with Gasteiger partial charge in [-0.3, -0.25) is 4.79 Å². The van der Waals surface area contributed by atoms with Crippen LogP contribution in [0.4, 0.5) is 0 Å². The second-order valence-corrected chi connectivity index (χ2v) is 9.42. The first-order valence-electron chi connectivity index (χ1n) is 11.6. The number of rotatable bonds is 3. The third-order valence-electron chi connectivity index (χ3n) is 7.47. The van der Waals surface area contributed by atoms with Crippen LogP contribution in [-0.2, 0) is 5.79 Å². The van der Waals surface area contributed by atoms with Gasteiger partial charge in [0.2, 0.25) is 0 Å². The summed E-state index contributed by atoms with van der Waals surface area (Å²) in [5.41, 5.74) is 4.28. The van der Waals surface area contributed by atoms with Gasteiger partial charge in [-0.1, -0.05) is 42.0 Å². The van der Waals surface area contributed by atoms with Crippen LogP contribution in [0.2, 0.25) is 0 Å². The van der Waals surface area contributed by atoms with Crippen LogP contribution in [-0.4, -0.2) is 18.0 Å². The van der Waals surface area contributed by atoms with Crippen molar-refractivity contribution in [1.29, 1.82) is 0 Å². The van der Waals surface area contributed by atoms with E-state index in [1.165, 1.54) is 12.5 Å². The largest absolute Gasteiger partial charge is 0.507 e. The number of allylic oxidation sites excluding steroid dienone is 2. The van der Waals surface area contributed by atoms with Crippen LogP contribution in [0.5, 0.6) is 23.0 Å². The van der Waals surface area contributed by atoms with Gasteiger partial charge < -0.3 is 19.3 Å². The molecular weight excluding hydrogens is 428 g/mol. The number of ketones is 1. The summed E-state index contributed by atoms with van der Waals surface area (Å²) in [6.07, 6.45) is 3.10. The average molecular weight is 455 g/mol. The Labute approximate surface area is 198 Å². The molecule has 4 atom stereocenters. The number of phenolic OH excluding ortho intramolecular Hbond substituents is 1. The van der Waals surface area contributed by atoms with E-state index < -0.39 is 5.79 Å². The maximum Gasteiger partial charge on any atom is 0.285 e. The predicted octanol–water partition coefficient (Wildman–Crippen LogP) is 6.07. The predicted molar refractivity (Wildman–Crippen MR) is 128 cm³/mol. The van der Waals surface area contributed by atoms with Crippen molar-refractivity contribution in [1.82, 2.24) is 0 Å². The van der Waals surface area contributed by atoms with Crippen LogP contribution in [0.25, 0.3) is 0 Å². The first-order chi connectivity index (χ1) is 16.4. The third kappa shape index (κ3) is 2.76. The fraction of sp³-hybridized carbons (Fsp3) is 0.276. The van der Waals surface area contributed by atoms with Crippen molar-refractivity contribution in [3.8, 4) is 23.0 Å². The first kappa shape index (κ1) is 20.8. The lowest BCUT2D eigenvalue weighted by Crippen LogP contribution is -2.56. The van der Waals surface area contributed by atoms with Crippen LogP contribution in [0.3, 0.4) is 0 Å². The summed E-state index contributed by atoms with van der Waals surface area (Å²) in [7, 11) is 1.64. The zero-order valence-corrected chi connectivity index (χ0v) is 19.4. The number of fused-ring (bicyclic) bond motifs is 4. The van der Waals surface area contributed by atoms with Gasteiger partial charge in [-0.2, -0.15) is 0 Å². The molecule has 3 aliphatic rings. The summed E-state index contributed by atoms with van der Waals surface area (Å²) in [6, 6.07) is 18.8. The molecular formula is C29H26O5. The van der Waals surface area contributed by atoms with E-state index >= 15 is 0 Å². The molecule has 0 amide bonds. The number of ether oxygens (including phenoxy) is 3. The number of methoxy groups -OCH3 is 1. The second-order valence-electron chi connectivity index (χ2n) is 9.42. The van der Waals surface area contributed by atoms with Gasteiger partial charge in [0, 0.05) is 17.4 Å². The molecule has 5 heteroatoms. The van der Waals surface area contributed by atoms with Gasteiger partial charge in [-0.25, -0.2) is 0 Å². The molecule has 2 heterocycles. The molecule has 0 radical (unpaired) electrons. The summed E-state index contributed by atoms with van der Waals surface area (Å²) in [5, 5.41) is 11.0. The molecule has 5 nitrogen and oxygen atoms in total. The van der Waals surface area contributed by atoms with E-state index in [9.17, 15) is 9.90 Å². The minimum Gasteiger partial charge on any atom is -0.507 e. The maximum atomic E-state index is 12.7. The Morgan fingerprint density at radius 2 is 1.82 bits per heavy atom. The van der Waals surface area contributed by atoms with Crippen LogP contribution < -0.4 is 14.2 Å². The molecule has 1 N–H and O–H groups in total. The zero-order valence-electron chi connectivity index (χ0n) is 19.4.